The van der Waals surface area contributed by atoms with E-state index in [1.807, 2.05) is 37.4 Å². The van der Waals surface area contributed by atoms with Crippen molar-refractivity contribution in [3.63, 3.8) is 0 Å². The number of rotatable bonds is 3. The number of hydrogen-bond donors (Lipinski definition) is 1. The van der Waals surface area contributed by atoms with Crippen LogP contribution < -0.4 is 0 Å². The van der Waals surface area contributed by atoms with Crippen LogP contribution in [0.2, 0.25) is 0 Å². The number of amides is 1. The average Bonchev–Trinajstić information content (AvgIpc) is 2.83. The van der Waals surface area contributed by atoms with Crippen molar-refractivity contribution in [3.8, 4) is 0 Å². The zero-order chi connectivity index (χ0) is 11.4. The van der Waals surface area contributed by atoms with Gasteiger partial charge in [-0.05, 0) is 11.6 Å². The summed E-state index contributed by atoms with van der Waals surface area (Å²) in [6.07, 6.45) is 3.47. The molecule has 0 bridgehead atoms. The highest BCUT2D eigenvalue weighted by atomic mass is 16.2. The van der Waals surface area contributed by atoms with E-state index in [1.165, 1.54) is 0 Å². The number of benzene rings is 1. The molecule has 2 rings (SSSR count). The first-order chi connectivity index (χ1) is 7.77. The molecule has 0 saturated carbocycles. The van der Waals surface area contributed by atoms with Gasteiger partial charge in [0.1, 0.15) is 0 Å². The quantitative estimate of drug-likeness (QED) is 0.836. The van der Waals surface area contributed by atoms with Gasteiger partial charge in [-0.15, -0.1) is 0 Å². The summed E-state index contributed by atoms with van der Waals surface area (Å²) in [7, 11) is 1.81. The van der Waals surface area contributed by atoms with Crippen molar-refractivity contribution >= 4 is 5.91 Å². The van der Waals surface area contributed by atoms with E-state index in [2.05, 4.69) is 4.98 Å². The van der Waals surface area contributed by atoms with E-state index < -0.39 is 0 Å². The molecule has 3 nitrogen and oxygen atoms in total. The van der Waals surface area contributed by atoms with Gasteiger partial charge in [-0.25, -0.2) is 0 Å². The third-order valence-corrected chi connectivity index (χ3v) is 2.45. The molecule has 0 saturated heterocycles. The number of H-pyrrole nitrogens is 1. The third-order valence-electron chi connectivity index (χ3n) is 2.45. The molecule has 1 aromatic heterocycles. The Bertz CT molecular complexity index is 448. The summed E-state index contributed by atoms with van der Waals surface area (Å²) in [4.78, 5) is 16.5. The maximum absolute atomic E-state index is 11.9. The minimum absolute atomic E-state index is 0.0325. The van der Waals surface area contributed by atoms with Crippen molar-refractivity contribution in [1.82, 2.24) is 9.88 Å². The predicted octanol–water partition coefficient (Wildman–Crippen LogP) is 2.29. The fourth-order valence-corrected chi connectivity index (χ4v) is 1.61. The van der Waals surface area contributed by atoms with E-state index in [0.29, 0.717) is 12.1 Å². The summed E-state index contributed by atoms with van der Waals surface area (Å²) in [5.74, 6) is 0.0325. The Balaban J connectivity index is 2.04. The number of carbonyl (C=O) groups excluding carboxylic acids is 1. The molecule has 1 N–H and O–H groups in total. The molecule has 82 valence electrons. The molecule has 0 unspecified atom stereocenters. The maximum atomic E-state index is 11.9. The number of aromatic nitrogens is 1. The number of aromatic amines is 1. The first-order valence-electron chi connectivity index (χ1n) is 5.19. The van der Waals surface area contributed by atoms with Gasteiger partial charge >= 0.3 is 0 Å². The van der Waals surface area contributed by atoms with Gasteiger partial charge in [0.2, 0.25) is 0 Å². The molecular formula is C13H14N2O. The summed E-state index contributed by atoms with van der Waals surface area (Å²) in [6, 6.07) is 11.7. The van der Waals surface area contributed by atoms with Crippen LogP contribution >= 0.6 is 0 Å². The number of carbonyl (C=O) groups is 1. The highest BCUT2D eigenvalue weighted by Crippen LogP contribution is 2.07. The lowest BCUT2D eigenvalue weighted by Crippen LogP contribution is -2.25. The van der Waals surface area contributed by atoms with Crippen LogP contribution in [0.25, 0.3) is 0 Å². The third kappa shape index (κ3) is 2.31. The zero-order valence-electron chi connectivity index (χ0n) is 9.18. The molecular weight excluding hydrogens is 200 g/mol. The van der Waals surface area contributed by atoms with Gasteiger partial charge in [-0.3, -0.25) is 4.79 Å². The molecule has 0 aliphatic carbocycles. The van der Waals surface area contributed by atoms with E-state index in [1.54, 1.807) is 23.4 Å². The van der Waals surface area contributed by atoms with Crippen molar-refractivity contribution in [2.24, 2.45) is 0 Å². The number of nitrogens with zero attached hydrogens (tertiary/aromatic N) is 1. The molecule has 0 spiro atoms. The zero-order valence-corrected chi connectivity index (χ0v) is 9.18. The van der Waals surface area contributed by atoms with Crippen LogP contribution in [0, 0.1) is 0 Å². The van der Waals surface area contributed by atoms with Gasteiger partial charge in [0.05, 0.1) is 5.56 Å². The van der Waals surface area contributed by atoms with Crippen LogP contribution in [0.5, 0.6) is 0 Å². The molecule has 1 heterocycles. The van der Waals surface area contributed by atoms with E-state index in [-0.39, 0.29) is 5.91 Å². The normalized spacial score (nSPS) is 10.1. The van der Waals surface area contributed by atoms with Gasteiger partial charge < -0.3 is 9.88 Å². The largest absolute Gasteiger partial charge is 0.367 e. The van der Waals surface area contributed by atoms with Crippen molar-refractivity contribution < 1.29 is 4.79 Å². The number of hydrogen-bond acceptors (Lipinski definition) is 1. The van der Waals surface area contributed by atoms with Crippen molar-refractivity contribution in [2.45, 2.75) is 6.54 Å². The fourth-order valence-electron chi connectivity index (χ4n) is 1.61. The Morgan fingerprint density at radius 1 is 1.25 bits per heavy atom. The second-order valence-electron chi connectivity index (χ2n) is 3.75. The van der Waals surface area contributed by atoms with Crippen LogP contribution in [-0.4, -0.2) is 22.8 Å². The molecule has 0 radical (unpaired) electrons. The topological polar surface area (TPSA) is 36.1 Å². The Morgan fingerprint density at radius 3 is 2.62 bits per heavy atom. The number of nitrogens with one attached hydrogen (secondary N) is 1. The van der Waals surface area contributed by atoms with Crippen molar-refractivity contribution in [1.29, 1.82) is 0 Å². The summed E-state index contributed by atoms with van der Waals surface area (Å²) >= 11 is 0. The first-order valence-corrected chi connectivity index (χ1v) is 5.19. The summed E-state index contributed by atoms with van der Waals surface area (Å²) in [5.41, 5.74) is 1.83. The van der Waals surface area contributed by atoms with Crippen molar-refractivity contribution in [3.05, 3.63) is 59.9 Å². The van der Waals surface area contributed by atoms with Crippen LogP contribution in [0.3, 0.4) is 0 Å². The molecule has 0 aliphatic rings. The van der Waals surface area contributed by atoms with E-state index in [4.69, 9.17) is 0 Å². The van der Waals surface area contributed by atoms with Crippen LogP contribution in [-0.2, 0) is 6.54 Å². The minimum Gasteiger partial charge on any atom is -0.367 e. The standard InChI is InChI=1S/C13H14N2O/c1-15(10-11-5-3-2-4-6-11)13(16)12-7-8-14-9-12/h2-9,14H,10H2,1H3. The Morgan fingerprint density at radius 2 is 2.00 bits per heavy atom. The smallest absolute Gasteiger partial charge is 0.255 e. The highest BCUT2D eigenvalue weighted by molar-refractivity contribution is 5.93. The fraction of sp³-hybridized carbons (Fsp3) is 0.154. The SMILES string of the molecule is CN(Cc1ccccc1)C(=O)c1cc[nH]c1. The van der Waals surface area contributed by atoms with Gasteiger partial charge in [0.15, 0.2) is 0 Å². The molecule has 0 aliphatic heterocycles. The highest BCUT2D eigenvalue weighted by Gasteiger charge is 2.11. The maximum Gasteiger partial charge on any atom is 0.255 e. The molecule has 3 heteroatoms. The second-order valence-corrected chi connectivity index (χ2v) is 3.75. The molecule has 0 fully saturated rings. The predicted molar refractivity (Wildman–Crippen MR) is 63.0 cm³/mol. The van der Waals surface area contributed by atoms with E-state index in [0.717, 1.165) is 5.56 Å². The van der Waals surface area contributed by atoms with Crippen LogP contribution in [0.4, 0.5) is 0 Å². The summed E-state index contributed by atoms with van der Waals surface area (Å²) in [5, 5.41) is 0. The van der Waals surface area contributed by atoms with E-state index >= 15 is 0 Å². The lowest BCUT2D eigenvalue weighted by molar-refractivity contribution is 0.0785. The molecule has 2 aromatic rings. The molecule has 0 atom stereocenters. The summed E-state index contributed by atoms with van der Waals surface area (Å²) in [6.45, 7) is 0.630. The molecule has 1 aromatic carbocycles. The Kier molecular flexibility index (Phi) is 3.05. The Labute approximate surface area is 94.7 Å². The second kappa shape index (κ2) is 4.66. The lowest BCUT2D eigenvalue weighted by atomic mass is 10.2. The first kappa shape index (κ1) is 10.5. The van der Waals surface area contributed by atoms with Gasteiger partial charge in [-0.2, -0.15) is 0 Å². The molecule has 16 heavy (non-hydrogen) atoms. The van der Waals surface area contributed by atoms with Crippen LogP contribution in [0.1, 0.15) is 15.9 Å². The van der Waals surface area contributed by atoms with E-state index in [9.17, 15) is 4.79 Å². The minimum atomic E-state index is 0.0325. The van der Waals surface area contributed by atoms with Crippen molar-refractivity contribution in [2.75, 3.05) is 7.05 Å². The van der Waals surface area contributed by atoms with Gasteiger partial charge in [0, 0.05) is 26.0 Å². The van der Waals surface area contributed by atoms with Gasteiger partial charge in [0.25, 0.3) is 5.91 Å². The lowest BCUT2D eigenvalue weighted by Gasteiger charge is -2.16. The van der Waals surface area contributed by atoms with Gasteiger partial charge in [-0.1, -0.05) is 30.3 Å². The average molecular weight is 214 g/mol. The molecule has 1 amide bonds. The monoisotopic (exact) mass is 214 g/mol. The van der Waals surface area contributed by atoms with Crippen LogP contribution in [0.15, 0.2) is 48.8 Å². The Hall–Kier alpha value is -2.03. The summed E-state index contributed by atoms with van der Waals surface area (Å²) < 4.78 is 0.